The first kappa shape index (κ1) is 47.9. The van der Waals surface area contributed by atoms with E-state index < -0.39 is 0 Å². The second kappa shape index (κ2) is 22.1. The van der Waals surface area contributed by atoms with Crippen molar-refractivity contribution < 1.29 is 47.5 Å². The highest BCUT2D eigenvalue weighted by Gasteiger charge is 2.39. The number of rotatable bonds is 22. The van der Waals surface area contributed by atoms with E-state index in [1.807, 2.05) is 65.7 Å². The monoisotopic (exact) mass is 952 g/mol. The number of fused-ring (bicyclic) bond motifs is 8. The maximum Gasteiger partial charge on any atom is 0.261 e. The van der Waals surface area contributed by atoms with E-state index in [1.165, 1.54) is 0 Å². The quantitative estimate of drug-likeness (QED) is 0.0675. The molecule has 0 spiro atoms. The molecule has 5 aromatic carbocycles. The number of anilines is 4. The Bertz CT molecular complexity index is 2750. The fraction of sp³-hybridized carbons (Fsp3) is 0.370. The lowest BCUT2D eigenvalue weighted by molar-refractivity contribution is -0.120. The van der Waals surface area contributed by atoms with Gasteiger partial charge in [0.15, 0.2) is 23.0 Å². The van der Waals surface area contributed by atoms with Gasteiger partial charge >= 0.3 is 0 Å². The maximum absolute atomic E-state index is 14.2. The van der Waals surface area contributed by atoms with Gasteiger partial charge in [0.05, 0.1) is 81.8 Å². The number of amides is 3. The van der Waals surface area contributed by atoms with Gasteiger partial charge in [0, 0.05) is 82.0 Å². The molecule has 3 amide bonds. The van der Waals surface area contributed by atoms with E-state index in [2.05, 4.69) is 33.7 Å². The Hall–Kier alpha value is -7.14. The summed E-state index contributed by atoms with van der Waals surface area (Å²) in [5, 5.41) is 6.25. The summed E-state index contributed by atoms with van der Waals surface area (Å²) in [5.74, 6) is 1.46. The van der Waals surface area contributed by atoms with Crippen LogP contribution in [0.2, 0.25) is 0 Å². The number of ether oxygens (including phenoxy) is 7. The average molecular weight is 953 g/mol. The van der Waals surface area contributed by atoms with E-state index in [0.717, 1.165) is 45.7 Å². The van der Waals surface area contributed by atoms with E-state index in [1.54, 1.807) is 51.5 Å². The van der Waals surface area contributed by atoms with Crippen molar-refractivity contribution in [2.24, 2.45) is 4.99 Å². The number of carbonyl (C=O) groups is 3. The average Bonchev–Trinajstić information content (AvgIpc) is 3.88. The predicted octanol–water partition coefficient (Wildman–Crippen LogP) is 7.16. The van der Waals surface area contributed by atoms with Crippen LogP contribution in [0.15, 0.2) is 96.0 Å². The molecule has 0 unspecified atom stereocenters. The molecule has 0 fully saturated rings. The SMILES string of the molecule is CNC(=O)CCCN(CCOCCOCCOC)c1cc(COc2cc3c(cc2OC)C(=O)N2c4ccccc4C[C@H]2C=N3)cc(COc2cc3c(cc2OC)C(=O)N2c4ccccc4C[C@H]2CN3)c1. The number of hydrogen-bond acceptors (Lipinski definition) is 13. The summed E-state index contributed by atoms with van der Waals surface area (Å²) in [4.78, 5) is 51.3. The van der Waals surface area contributed by atoms with E-state index in [0.29, 0.717) is 117 Å². The zero-order valence-corrected chi connectivity index (χ0v) is 40.2. The number of benzene rings is 5. The highest BCUT2D eigenvalue weighted by Crippen LogP contribution is 2.43. The van der Waals surface area contributed by atoms with Gasteiger partial charge in [0.1, 0.15) is 13.2 Å². The molecule has 2 N–H and O–H groups in total. The highest BCUT2D eigenvalue weighted by molar-refractivity contribution is 6.15. The highest BCUT2D eigenvalue weighted by atomic mass is 16.5. The minimum Gasteiger partial charge on any atom is -0.493 e. The lowest BCUT2D eigenvalue weighted by atomic mass is 10.1. The molecule has 5 aromatic rings. The van der Waals surface area contributed by atoms with Crippen molar-refractivity contribution in [2.45, 2.75) is 51.0 Å². The van der Waals surface area contributed by atoms with Crippen LogP contribution in [0.3, 0.4) is 0 Å². The van der Waals surface area contributed by atoms with Crippen molar-refractivity contribution in [1.29, 1.82) is 0 Å². The van der Waals surface area contributed by atoms with Crippen molar-refractivity contribution >= 4 is 52.4 Å². The number of nitrogens with zero attached hydrogens (tertiary/aromatic N) is 4. The number of carbonyl (C=O) groups excluding carboxylic acids is 3. The zero-order chi connectivity index (χ0) is 48.6. The summed E-state index contributed by atoms with van der Waals surface area (Å²) in [6.07, 6.45) is 4.25. The zero-order valence-electron chi connectivity index (χ0n) is 40.2. The molecular weight excluding hydrogens is 893 g/mol. The van der Waals surface area contributed by atoms with Crippen LogP contribution in [0.4, 0.5) is 28.4 Å². The van der Waals surface area contributed by atoms with E-state index in [4.69, 9.17) is 38.2 Å². The van der Waals surface area contributed by atoms with Gasteiger partial charge in [-0.1, -0.05) is 36.4 Å². The molecule has 0 radical (unpaired) electrons. The van der Waals surface area contributed by atoms with Crippen molar-refractivity contribution in [3.63, 3.8) is 0 Å². The molecule has 366 valence electrons. The summed E-state index contributed by atoms with van der Waals surface area (Å²) < 4.78 is 41.5. The fourth-order valence-electron chi connectivity index (χ4n) is 9.58. The summed E-state index contributed by atoms with van der Waals surface area (Å²) >= 11 is 0. The summed E-state index contributed by atoms with van der Waals surface area (Å²) in [6.45, 7) is 4.23. The number of nitrogens with one attached hydrogen (secondary N) is 2. The Morgan fingerprint density at radius 1 is 0.714 bits per heavy atom. The minimum absolute atomic E-state index is 0.0214. The largest absolute Gasteiger partial charge is 0.493 e. The van der Waals surface area contributed by atoms with Gasteiger partial charge in [-0.05, 0) is 77.6 Å². The van der Waals surface area contributed by atoms with Crippen LogP contribution in [0, 0.1) is 0 Å². The van der Waals surface area contributed by atoms with Crippen LogP contribution in [0.5, 0.6) is 23.0 Å². The van der Waals surface area contributed by atoms with Crippen LogP contribution in [0.25, 0.3) is 0 Å². The summed E-state index contributed by atoms with van der Waals surface area (Å²) in [7, 11) is 6.39. The third-order valence-corrected chi connectivity index (χ3v) is 13.1. The Labute approximate surface area is 408 Å². The Morgan fingerprint density at radius 2 is 1.34 bits per heavy atom. The molecule has 4 heterocycles. The standard InChI is InChI=1S/C54H60N6O10/c1-55-52(61)14-9-15-58(16-17-67-20-21-68-19-18-64-2)39-23-35(33-69-50-29-44-42(27-48(50)65-3)53(62)59-40(31-56-44)25-37-10-5-7-12-46(37)59)22-36(24-39)34-70-51-30-45-43(28-49(51)66-4)54(63)60-41(32-57-45)26-38-11-6-8-13-47(38)60/h5-8,10-13,22-24,27-31,40-41,57H,9,14-21,25-26,32-34H2,1-4H3,(H,55,61)/t40-,41-/m0/s1. The van der Waals surface area contributed by atoms with Gasteiger partial charge in [0.2, 0.25) is 5.91 Å². The molecule has 0 saturated heterocycles. The first-order chi connectivity index (χ1) is 34.3. The Kier molecular flexibility index (Phi) is 15.1. The predicted molar refractivity (Wildman–Crippen MR) is 268 cm³/mol. The van der Waals surface area contributed by atoms with Crippen molar-refractivity contribution in [1.82, 2.24) is 5.32 Å². The van der Waals surface area contributed by atoms with Crippen LogP contribution in [0.1, 0.15) is 55.8 Å². The maximum atomic E-state index is 14.2. The van der Waals surface area contributed by atoms with Gasteiger partial charge in [-0.2, -0.15) is 0 Å². The minimum atomic E-state index is -0.199. The normalized spacial score (nSPS) is 16.2. The summed E-state index contributed by atoms with van der Waals surface area (Å²) in [5.41, 5.74) is 8.73. The Balaban J connectivity index is 0.987. The second-order valence-corrected chi connectivity index (χ2v) is 17.5. The van der Waals surface area contributed by atoms with Crippen LogP contribution in [-0.2, 0) is 45.1 Å². The van der Waals surface area contributed by atoms with Gasteiger partial charge in [-0.25, -0.2) is 0 Å². The molecule has 16 heteroatoms. The number of para-hydroxylation sites is 2. The topological polar surface area (TPSA) is 162 Å². The molecule has 0 saturated carbocycles. The second-order valence-electron chi connectivity index (χ2n) is 17.5. The molecule has 4 aliphatic rings. The lowest BCUT2D eigenvalue weighted by Gasteiger charge is -2.26. The third-order valence-electron chi connectivity index (χ3n) is 13.1. The fourth-order valence-corrected chi connectivity index (χ4v) is 9.58. The van der Waals surface area contributed by atoms with E-state index >= 15 is 0 Å². The van der Waals surface area contributed by atoms with Gasteiger partial charge in [-0.15, -0.1) is 0 Å². The molecule has 4 aliphatic heterocycles. The molecule has 2 atom stereocenters. The van der Waals surface area contributed by atoms with Crippen LogP contribution >= 0.6 is 0 Å². The number of hydrogen-bond donors (Lipinski definition) is 2. The van der Waals surface area contributed by atoms with Gasteiger partial charge < -0.3 is 53.6 Å². The molecule has 0 bridgehead atoms. The molecule has 70 heavy (non-hydrogen) atoms. The lowest BCUT2D eigenvalue weighted by Crippen LogP contribution is -2.39. The molecule has 9 rings (SSSR count). The van der Waals surface area contributed by atoms with Crippen LogP contribution < -0.4 is 44.3 Å². The van der Waals surface area contributed by atoms with E-state index in [9.17, 15) is 14.4 Å². The van der Waals surface area contributed by atoms with E-state index in [-0.39, 0.29) is 43.0 Å². The number of aliphatic imine (C=N–C) groups is 1. The molecular formula is C54H60N6O10. The van der Waals surface area contributed by atoms with Gasteiger partial charge in [0.25, 0.3) is 11.8 Å². The molecule has 0 aliphatic carbocycles. The van der Waals surface area contributed by atoms with Gasteiger partial charge in [-0.3, -0.25) is 24.3 Å². The third kappa shape index (κ3) is 10.4. The van der Waals surface area contributed by atoms with Crippen molar-refractivity contribution in [3.05, 3.63) is 124 Å². The smallest absolute Gasteiger partial charge is 0.261 e. The summed E-state index contributed by atoms with van der Waals surface area (Å²) in [6, 6.07) is 29.0. The van der Waals surface area contributed by atoms with Crippen molar-refractivity contribution in [3.8, 4) is 23.0 Å². The number of methoxy groups -OCH3 is 3. The van der Waals surface area contributed by atoms with Crippen LogP contribution in [-0.4, -0.2) is 117 Å². The first-order valence-corrected chi connectivity index (χ1v) is 23.8. The first-order valence-electron chi connectivity index (χ1n) is 23.8. The Morgan fingerprint density at radius 3 is 2.04 bits per heavy atom. The molecule has 0 aromatic heterocycles. The molecule has 16 nitrogen and oxygen atoms in total. The van der Waals surface area contributed by atoms with Crippen molar-refractivity contribution in [2.75, 3.05) is 101 Å².